The molecule has 114 valence electrons. The Morgan fingerprint density at radius 3 is 2.48 bits per heavy atom. The summed E-state index contributed by atoms with van der Waals surface area (Å²) >= 11 is 0. The van der Waals surface area contributed by atoms with Crippen LogP contribution in [-0.2, 0) is 10.0 Å². The van der Waals surface area contributed by atoms with Gasteiger partial charge in [-0.3, -0.25) is 9.59 Å². The molecular formula is C14H18N2O4S. The van der Waals surface area contributed by atoms with Crippen molar-refractivity contribution in [3.8, 4) is 0 Å². The van der Waals surface area contributed by atoms with Crippen LogP contribution in [0.5, 0.6) is 0 Å². The number of carbonyl (C=O) groups is 2. The van der Waals surface area contributed by atoms with Gasteiger partial charge in [-0.2, -0.15) is 0 Å². The molecule has 7 heteroatoms. The van der Waals surface area contributed by atoms with Gasteiger partial charge in [-0.25, -0.2) is 12.7 Å². The third-order valence-corrected chi connectivity index (χ3v) is 5.48. The SMILES string of the molecule is CCN(C)C(=O)c1ccc2c(c1)S(=O)(=O)N(C(C)C)C2=O. The topological polar surface area (TPSA) is 74.8 Å². The van der Waals surface area contributed by atoms with E-state index in [0.717, 1.165) is 4.31 Å². The van der Waals surface area contributed by atoms with E-state index >= 15 is 0 Å². The van der Waals surface area contributed by atoms with E-state index in [-0.39, 0.29) is 21.9 Å². The van der Waals surface area contributed by atoms with Gasteiger partial charge in [0.25, 0.3) is 21.8 Å². The molecule has 0 N–H and O–H groups in total. The van der Waals surface area contributed by atoms with Gasteiger partial charge in [-0.05, 0) is 39.0 Å². The van der Waals surface area contributed by atoms with E-state index in [4.69, 9.17) is 0 Å². The van der Waals surface area contributed by atoms with Crippen molar-refractivity contribution >= 4 is 21.8 Å². The summed E-state index contributed by atoms with van der Waals surface area (Å²) in [6, 6.07) is 3.73. The standard InChI is InChI=1S/C14H18N2O4S/c1-5-15(4)13(17)10-6-7-11-12(8-10)21(19,20)16(9(2)3)14(11)18/h6-9H,5H2,1-4H3. The van der Waals surface area contributed by atoms with Crippen LogP contribution in [0.2, 0.25) is 0 Å². The summed E-state index contributed by atoms with van der Waals surface area (Å²) in [5.74, 6) is -0.811. The Hall–Kier alpha value is -1.89. The van der Waals surface area contributed by atoms with Gasteiger partial charge in [-0.1, -0.05) is 0 Å². The Morgan fingerprint density at radius 2 is 1.95 bits per heavy atom. The van der Waals surface area contributed by atoms with Gasteiger partial charge >= 0.3 is 0 Å². The molecule has 0 bridgehead atoms. The van der Waals surface area contributed by atoms with Crippen LogP contribution in [-0.4, -0.2) is 49.1 Å². The molecule has 2 amide bonds. The number of benzene rings is 1. The minimum Gasteiger partial charge on any atom is -0.342 e. The first-order valence-corrected chi connectivity index (χ1v) is 8.14. The summed E-state index contributed by atoms with van der Waals surface area (Å²) in [5, 5.41) is 0. The maximum absolute atomic E-state index is 12.4. The largest absolute Gasteiger partial charge is 0.342 e. The predicted molar refractivity (Wildman–Crippen MR) is 77.6 cm³/mol. The Kier molecular flexibility index (Phi) is 3.79. The van der Waals surface area contributed by atoms with Crippen molar-refractivity contribution in [3.05, 3.63) is 29.3 Å². The number of carbonyl (C=O) groups excluding carboxylic acids is 2. The van der Waals surface area contributed by atoms with Crippen LogP contribution in [0.3, 0.4) is 0 Å². The number of rotatable bonds is 3. The lowest BCUT2D eigenvalue weighted by molar-refractivity contribution is 0.0799. The van der Waals surface area contributed by atoms with Crippen molar-refractivity contribution in [1.29, 1.82) is 0 Å². The van der Waals surface area contributed by atoms with Gasteiger partial charge in [0.15, 0.2) is 0 Å². The highest BCUT2D eigenvalue weighted by atomic mass is 32.2. The zero-order chi connectivity index (χ0) is 15.9. The molecule has 0 aromatic heterocycles. The molecule has 21 heavy (non-hydrogen) atoms. The van der Waals surface area contributed by atoms with Crippen molar-refractivity contribution in [2.24, 2.45) is 0 Å². The number of hydrogen-bond acceptors (Lipinski definition) is 4. The quantitative estimate of drug-likeness (QED) is 0.844. The number of sulfonamides is 1. The number of hydrogen-bond donors (Lipinski definition) is 0. The van der Waals surface area contributed by atoms with Gasteiger partial charge < -0.3 is 4.90 Å². The smallest absolute Gasteiger partial charge is 0.269 e. The second kappa shape index (κ2) is 5.14. The Bertz CT molecular complexity index is 710. The Balaban J connectivity index is 2.56. The third-order valence-electron chi connectivity index (χ3n) is 3.49. The fraction of sp³-hybridized carbons (Fsp3) is 0.429. The first-order valence-electron chi connectivity index (χ1n) is 6.70. The van der Waals surface area contributed by atoms with E-state index in [9.17, 15) is 18.0 Å². The molecule has 0 unspecified atom stereocenters. The van der Waals surface area contributed by atoms with Crippen LogP contribution in [0.4, 0.5) is 0 Å². The lowest BCUT2D eigenvalue weighted by atomic mass is 10.1. The van der Waals surface area contributed by atoms with E-state index in [1.165, 1.54) is 23.1 Å². The van der Waals surface area contributed by atoms with Crippen LogP contribution in [0.1, 0.15) is 41.5 Å². The minimum atomic E-state index is -3.87. The van der Waals surface area contributed by atoms with Crippen molar-refractivity contribution in [2.45, 2.75) is 31.7 Å². The van der Waals surface area contributed by atoms with Gasteiger partial charge in [0.05, 0.1) is 5.56 Å². The second-order valence-corrected chi connectivity index (χ2v) is 7.01. The van der Waals surface area contributed by atoms with Gasteiger partial charge in [0, 0.05) is 25.2 Å². The molecule has 0 spiro atoms. The summed E-state index contributed by atoms with van der Waals surface area (Å²) in [6.45, 7) is 5.61. The van der Waals surface area contributed by atoms with Crippen molar-refractivity contribution in [1.82, 2.24) is 9.21 Å². The molecule has 1 aromatic carbocycles. The van der Waals surface area contributed by atoms with Crippen LogP contribution in [0.25, 0.3) is 0 Å². The van der Waals surface area contributed by atoms with Gasteiger partial charge in [-0.15, -0.1) is 0 Å². The lowest BCUT2D eigenvalue weighted by Gasteiger charge is -2.19. The average molecular weight is 310 g/mol. The zero-order valence-corrected chi connectivity index (χ0v) is 13.3. The maximum Gasteiger partial charge on any atom is 0.269 e. The Morgan fingerprint density at radius 1 is 1.33 bits per heavy atom. The zero-order valence-electron chi connectivity index (χ0n) is 12.5. The molecule has 0 atom stereocenters. The molecule has 2 rings (SSSR count). The summed E-state index contributed by atoms with van der Waals surface area (Å²) in [4.78, 5) is 25.7. The normalized spacial score (nSPS) is 16.2. The predicted octanol–water partition coefficient (Wildman–Crippen LogP) is 1.33. The highest BCUT2D eigenvalue weighted by Crippen LogP contribution is 2.32. The first kappa shape index (κ1) is 15.5. The second-order valence-electron chi connectivity index (χ2n) is 5.23. The van der Waals surface area contributed by atoms with Crippen molar-refractivity contribution in [3.63, 3.8) is 0 Å². The van der Waals surface area contributed by atoms with Crippen molar-refractivity contribution < 1.29 is 18.0 Å². The van der Waals surface area contributed by atoms with Crippen LogP contribution >= 0.6 is 0 Å². The molecule has 6 nitrogen and oxygen atoms in total. The fourth-order valence-corrected chi connectivity index (χ4v) is 4.05. The summed E-state index contributed by atoms with van der Waals surface area (Å²) in [5.41, 5.74) is 0.388. The van der Waals surface area contributed by atoms with E-state index < -0.39 is 22.0 Å². The van der Waals surface area contributed by atoms with E-state index in [1.807, 2.05) is 6.92 Å². The Labute approximate surface area is 124 Å². The van der Waals surface area contributed by atoms with Crippen LogP contribution in [0.15, 0.2) is 23.1 Å². The molecule has 0 radical (unpaired) electrons. The maximum atomic E-state index is 12.4. The molecule has 1 heterocycles. The molecule has 0 fully saturated rings. The van der Waals surface area contributed by atoms with Crippen LogP contribution < -0.4 is 0 Å². The van der Waals surface area contributed by atoms with E-state index in [1.54, 1.807) is 20.9 Å². The van der Waals surface area contributed by atoms with Crippen LogP contribution in [0, 0.1) is 0 Å². The molecule has 1 aliphatic rings. The molecule has 1 aromatic rings. The number of nitrogens with zero attached hydrogens (tertiary/aromatic N) is 2. The molecule has 0 saturated carbocycles. The monoisotopic (exact) mass is 310 g/mol. The summed E-state index contributed by atoms with van der Waals surface area (Å²) in [7, 11) is -2.24. The van der Waals surface area contributed by atoms with Crippen molar-refractivity contribution in [2.75, 3.05) is 13.6 Å². The molecule has 0 aliphatic carbocycles. The van der Waals surface area contributed by atoms with Gasteiger partial charge in [0.1, 0.15) is 4.90 Å². The first-order chi connectivity index (χ1) is 9.71. The minimum absolute atomic E-state index is 0.0865. The number of amides is 2. The lowest BCUT2D eigenvalue weighted by Crippen LogP contribution is -2.36. The summed E-state index contributed by atoms with van der Waals surface area (Å²) in [6.07, 6.45) is 0. The van der Waals surface area contributed by atoms with E-state index in [2.05, 4.69) is 0 Å². The highest BCUT2D eigenvalue weighted by molar-refractivity contribution is 7.90. The fourth-order valence-electron chi connectivity index (χ4n) is 2.26. The molecule has 0 saturated heterocycles. The highest BCUT2D eigenvalue weighted by Gasteiger charge is 2.42. The molecular weight excluding hydrogens is 292 g/mol. The van der Waals surface area contributed by atoms with Gasteiger partial charge in [0.2, 0.25) is 0 Å². The van der Waals surface area contributed by atoms with E-state index in [0.29, 0.717) is 6.54 Å². The average Bonchev–Trinajstić information content (AvgIpc) is 2.63. The number of fused-ring (bicyclic) bond motifs is 1. The summed E-state index contributed by atoms with van der Waals surface area (Å²) < 4.78 is 25.7. The third kappa shape index (κ3) is 2.31. The molecule has 1 aliphatic heterocycles.